The molecule has 0 amide bonds. The van der Waals surface area contributed by atoms with E-state index < -0.39 is 62.6 Å². The first-order valence-electron chi connectivity index (χ1n) is 17.2. The first-order chi connectivity index (χ1) is 29.7. The molecule has 0 aromatic heterocycles. The predicted octanol–water partition coefficient (Wildman–Crippen LogP) is -46.5. The predicted molar refractivity (Wildman–Crippen MR) is 235 cm³/mol. The monoisotopic (exact) mass is 3050 g/mol. The number of rotatable bonds is 16. The molecule has 0 rings (SSSR count). The van der Waals surface area contributed by atoms with Crippen LogP contribution in [0.15, 0.2) is 0 Å². The summed E-state index contributed by atoms with van der Waals surface area (Å²) in [7, 11) is -42.1. The molecule has 0 aliphatic carbocycles. The summed E-state index contributed by atoms with van der Waals surface area (Å²) in [6.45, 7) is 17.4. The van der Waals surface area contributed by atoms with E-state index in [1.807, 2.05) is 0 Å². The van der Waals surface area contributed by atoms with Crippen molar-refractivity contribution in [1.29, 1.82) is 0 Å². The maximum absolute atomic E-state index is 8.66. The van der Waals surface area contributed by atoms with Gasteiger partial charge in [0.25, 0.3) is 0 Å². The number of hydrogen-bond acceptors (Lipinski definition) is 34. The average Bonchev–Trinajstić information content (AvgIpc) is 3.01. The van der Waals surface area contributed by atoms with Crippen molar-refractivity contribution in [2.24, 2.45) is 0 Å². The molecule has 0 fully saturated rings. The number of phosphoric acid groups is 8. The third-order valence-electron chi connectivity index (χ3n) is 3.27. The van der Waals surface area contributed by atoms with E-state index >= 15 is 0 Å². The Labute approximate surface area is 857 Å². The molecule has 0 aromatic rings. The third kappa shape index (κ3) is 3430. The van der Waals surface area contributed by atoms with E-state index in [1.54, 1.807) is 0 Å². The second kappa shape index (κ2) is 341. The fourth-order valence-corrected chi connectivity index (χ4v) is 1.73. The molecule has 103 heteroatoms. The topological polar surface area (TPSA) is 2080 Å². The van der Waals surface area contributed by atoms with Crippen LogP contribution in [-0.4, -0.2) is 201 Å². The number of hydrogen-bond donors (Lipinski definition) is 16. The maximum atomic E-state index is 8.66. The van der Waals surface area contributed by atoms with Crippen LogP contribution in [0.5, 0.6) is 0 Å². The van der Waals surface area contributed by atoms with Crippen LogP contribution in [-0.2, 0) is 438 Å². The molecule has 0 spiro atoms. The molecule has 0 bridgehead atoms. The van der Waals surface area contributed by atoms with Crippen molar-refractivity contribution in [2.45, 2.75) is 0 Å². The van der Waals surface area contributed by atoms with Gasteiger partial charge >= 0.3 is 42.1 Å². The Balaban J connectivity index is -0.00000000454. The Hall–Kier alpha value is 7.66. The van der Waals surface area contributed by atoms with Gasteiger partial charge in [-0.15, -0.1) is 0 Å². The van der Waals surface area contributed by atoms with Crippen LogP contribution in [0, 0.1) is 0 Å². The van der Waals surface area contributed by atoms with Crippen LogP contribution in [0.4, 0.5) is 0 Å². The fourth-order valence-electron chi connectivity index (χ4n) is 1.73. The van der Waals surface area contributed by atoms with E-state index in [4.69, 9.17) is 154 Å². The summed E-state index contributed by atoms with van der Waals surface area (Å²) in [5.74, 6) is 0. The van der Waals surface area contributed by atoms with Gasteiger partial charge in [0.2, 0.25) is 0 Å². The van der Waals surface area contributed by atoms with Crippen LogP contribution >= 0.6 is 62.6 Å². The maximum Gasteiger partial charge on any atom is 4.00 e. The van der Waals surface area contributed by atoms with Crippen molar-refractivity contribution < 1.29 is 699 Å². The fraction of sp³-hybridized carbons (Fsp3) is 1.00. The quantitative estimate of drug-likeness (QED) is 0.0388. The normalized spacial score (nSPS) is 6.18. The minimum Gasteiger partial charge on any atom is -2.00 e. The SMILES string of the molecule is O.O.O.O.O.O.O.O.O=P([O-])([O-])O.O=P([O-])([O-])O.O=P([O-])([O-])O.O=P([O-])([O-])O.O=P([O-])([O-])[O-].O=P([O-])([O-])[O-].O=P([O-])([O-])[O-].O=P([O-])([O-])[O-].[Mn].[Mo+4].[Mo+4].[Mo].[Mo].[Mo].[Mo].[Mo].[Mo].[Mo].[Mo].[Mo].[Mo].[NH3+]CC[NH2+]CC[NH3+].[NH3+]CC[NH2+]CC[NH3+].[NH3+]CC[NH2+]CC[NH3+].[NH3+]CC[NH2+]CC[NH3+].[O-2].[O-2].[O-2].[O-2].[O-2].[O-2].[O-2].[O-2].[O-2].[O-2].[O-2].[O-2].[O-2].[O-2].[O-2].[O-2].[O-2].[O-2].[O-2].[O-2].[O-2].[O-2].[O-2].[O-2].[OH-].[OH-].[OH-].[OH-].[OH-].[OH-]. The van der Waals surface area contributed by atoms with Crippen molar-refractivity contribution in [3.63, 3.8) is 0 Å². The Morgan fingerprint density at radius 3 is 0.227 bits per heavy atom. The first kappa shape index (κ1) is 494. The molecule has 0 aliphatic heterocycles. The van der Waals surface area contributed by atoms with E-state index in [-0.39, 0.29) is 478 Å². The van der Waals surface area contributed by atoms with Crippen molar-refractivity contribution >= 4 is 62.6 Å². The van der Waals surface area contributed by atoms with Gasteiger partial charge < -0.3 is 429 Å². The molecule has 0 atom stereocenters. The summed E-state index contributed by atoms with van der Waals surface area (Å²) >= 11 is 0. The zero-order valence-corrected chi connectivity index (χ0v) is 90.3. The molecule has 58 N–H and O–H groups in total. The number of nitrogens with two attached hydrogens (primary N) is 4. The molecule has 0 aromatic carbocycles. The van der Waals surface area contributed by atoms with E-state index in [0.29, 0.717) is 0 Å². The Bertz CT molecular complexity index is 1090. The summed E-state index contributed by atoms with van der Waals surface area (Å²) in [4.78, 5) is 200. The van der Waals surface area contributed by atoms with E-state index in [2.05, 4.69) is 67.1 Å². The molecule has 0 aliphatic rings. The molecule has 0 heterocycles. The Morgan fingerprint density at radius 1 is 0.185 bits per heavy atom. The standard InChI is InChI=1S/4C4H13N3.Mn.12Mo.8H3O4P.14H2O.24O/c4*5-1-3-7-4-2-6;;;;;;;;;;;;;;8*1-5(2,3)4;;;;;;;;;;;;;;;;;;;;;;;;;;;;;;;;;;;;;;/h4*7H,1-6H2;;;;;;;;;;;;;;8*(H3,1,2,3,4);14*1H2;;;;;;;;;;;;;;;;;;;;;;;;/q;;;;;;;;;;;;;;;2*+4;;;;;;;;;;;;;;;;;;;;;;;24*-2/p-14. The smallest absolute Gasteiger partial charge is 2.00 e. The molecule has 807 valence electrons. The van der Waals surface area contributed by atoms with Gasteiger partial charge in [-0.25, -0.2) is 0 Å². The molecular weight excluding hydrogens is 2930 g/mol. The van der Waals surface area contributed by atoms with Crippen molar-refractivity contribution in [2.75, 3.05) is 105 Å². The van der Waals surface area contributed by atoms with Crippen LogP contribution < -0.4 is 165 Å². The van der Waals surface area contributed by atoms with Gasteiger partial charge in [-0.2, -0.15) is 31.3 Å². The minimum atomic E-state index is -5.39. The van der Waals surface area contributed by atoms with Crippen molar-refractivity contribution in [1.82, 2.24) is 0 Å². The first-order valence-corrected chi connectivity index (χ1v) is 29.0. The molecule has 0 saturated carbocycles. The molecule has 0 saturated heterocycles. The zero-order valence-electron chi connectivity index (χ0n) is 57.8. The van der Waals surface area contributed by atoms with Crippen LogP contribution in [0.3, 0.4) is 0 Å². The van der Waals surface area contributed by atoms with Gasteiger partial charge in [0.15, 0.2) is 0 Å². The number of quaternary nitrogens is 12. The van der Waals surface area contributed by atoms with Gasteiger partial charge in [-0.05, 0) is 0 Å². The van der Waals surface area contributed by atoms with E-state index in [0.717, 1.165) is 105 Å². The third-order valence-corrected chi connectivity index (χ3v) is 3.27. The van der Waals surface area contributed by atoms with Gasteiger partial charge in [0.1, 0.15) is 105 Å². The summed E-state index contributed by atoms with van der Waals surface area (Å²) < 4.78 is 68.8. The summed E-state index contributed by atoms with van der Waals surface area (Å²) in [6, 6.07) is 0. The van der Waals surface area contributed by atoms with Gasteiger partial charge in [0, 0.05) is 228 Å². The van der Waals surface area contributed by atoms with Crippen LogP contribution in [0.25, 0.3) is 0 Å². The molecule has 0 unspecified atom stereocenters. The van der Waals surface area contributed by atoms with E-state index in [9.17, 15) is 0 Å². The Morgan fingerprint density at radius 2 is 0.210 bits per heavy atom. The van der Waals surface area contributed by atoms with Gasteiger partial charge in [0.05, 0.1) is 31.3 Å². The van der Waals surface area contributed by atoms with Crippen LogP contribution in [0.2, 0.25) is 0 Å². The molecular formula is C16H90MnMo12N12O70P8-54. The van der Waals surface area contributed by atoms with Gasteiger partial charge in [-0.1, -0.05) is 0 Å². The minimum absolute atomic E-state index is 0. The average molecular weight is 3020 g/mol. The van der Waals surface area contributed by atoms with Crippen molar-refractivity contribution in [3.8, 4) is 0 Å². The largest absolute Gasteiger partial charge is 4.00 e. The summed E-state index contributed by atoms with van der Waals surface area (Å²) in [5, 5.41) is 8.94. The molecule has 119 heavy (non-hydrogen) atoms. The molecule has 82 nitrogen and oxygen atoms in total. The summed E-state index contributed by atoms with van der Waals surface area (Å²) in [6.07, 6.45) is 0. The van der Waals surface area contributed by atoms with Crippen LogP contribution in [0.1, 0.15) is 0 Å². The second-order valence-corrected chi connectivity index (χ2v) is 17.3. The van der Waals surface area contributed by atoms with Crippen molar-refractivity contribution in [3.05, 3.63) is 0 Å². The second-order valence-electron chi connectivity index (χ2n) is 9.96. The Kier molecular flexibility index (Phi) is 1410. The molecule has 1 radical (unpaired) electrons. The zero-order chi connectivity index (χ0) is 58.1. The summed E-state index contributed by atoms with van der Waals surface area (Å²) in [5.41, 5.74) is 29.6. The van der Waals surface area contributed by atoms with E-state index in [1.165, 1.54) is 0 Å². The van der Waals surface area contributed by atoms with Gasteiger partial charge in [-0.3, -0.25) is 0 Å².